The standard InChI is InChI=1S/C44H34O27/c1-12(45)10-43(63)26(53)9-17-28-27-16(8-24(52)32(57)34(27)71-44(28,43)64)40(61)69-36-35(68-38(59)14-4-20(48)30(55)21(49)5-14)33(67-41(17)62)25(11-65-37(58)13-2-18(46)29(54)19(47)3-13)66-42(36)70-39(60)15-6-22(50)31(56)23(51)7-15/h2-9,25,28,33,35-36,42,46-52,54-57,63-64H,10-11H2,1H3/t25-,28+,33-,35+,36-,42+,43-,44-/m1/s1. The lowest BCUT2D eigenvalue weighted by Gasteiger charge is -2.45. The number of benzene rings is 4. The zero-order valence-electron chi connectivity index (χ0n) is 35.5. The SMILES string of the molecule is CC(=O)C[C@@]1(O)C(=O)C=C2C(=O)O[C@H]3[C@H](OC(=O)c4cc(O)c(O)c(O)c4)[C@@H](OC(=O)c4cc(O)c(O)c5c4[C@H]2[C@@]1(O)O5)[C@H](OC(=O)c1cc(O)c(O)c(O)c1)O[C@@H]3COC(=O)c1cc(O)c(O)c(O)c1. The predicted octanol–water partition coefficient (Wildman–Crippen LogP) is -0.0526. The summed E-state index contributed by atoms with van der Waals surface area (Å²) in [7, 11) is 0. The molecule has 3 aliphatic heterocycles. The summed E-state index contributed by atoms with van der Waals surface area (Å²) >= 11 is 0. The monoisotopic (exact) mass is 994 g/mol. The Kier molecular flexibility index (Phi) is 11.6. The molecule has 0 radical (unpaired) electrons. The predicted molar refractivity (Wildman–Crippen MR) is 218 cm³/mol. The first kappa shape index (κ1) is 48.3. The minimum Gasteiger partial charge on any atom is -0.504 e. The van der Waals surface area contributed by atoms with Crippen molar-refractivity contribution >= 4 is 41.4 Å². The van der Waals surface area contributed by atoms with Crippen LogP contribution in [0.4, 0.5) is 0 Å². The first-order valence-corrected chi connectivity index (χ1v) is 20.2. The number of hydrogen-bond acceptors (Lipinski definition) is 27. The van der Waals surface area contributed by atoms with Gasteiger partial charge >= 0.3 is 29.8 Å². The van der Waals surface area contributed by atoms with Crippen LogP contribution in [0.2, 0.25) is 0 Å². The molecule has 71 heavy (non-hydrogen) atoms. The number of phenols is 11. The molecule has 0 saturated carbocycles. The van der Waals surface area contributed by atoms with Crippen LogP contribution < -0.4 is 4.74 Å². The lowest BCUT2D eigenvalue weighted by atomic mass is 9.67. The number of aliphatic hydroxyl groups is 2. The Morgan fingerprint density at radius 2 is 1.07 bits per heavy atom. The molecule has 8 atom stereocenters. The Morgan fingerprint density at radius 1 is 0.606 bits per heavy atom. The molecule has 3 heterocycles. The number of ketones is 2. The quantitative estimate of drug-likeness (QED) is 0.0594. The van der Waals surface area contributed by atoms with Crippen molar-refractivity contribution in [3.8, 4) is 69.0 Å². The van der Waals surface area contributed by atoms with Crippen molar-refractivity contribution in [1.29, 1.82) is 0 Å². The Bertz CT molecular complexity index is 3000. The molecule has 0 aromatic heterocycles. The van der Waals surface area contributed by atoms with Gasteiger partial charge in [0.15, 0.2) is 86.8 Å². The largest absolute Gasteiger partial charge is 0.504 e. The number of hydrogen-bond donors (Lipinski definition) is 13. The third-order valence-electron chi connectivity index (χ3n) is 11.6. The Morgan fingerprint density at radius 3 is 1.58 bits per heavy atom. The molecular weight excluding hydrogens is 960 g/mol. The van der Waals surface area contributed by atoms with E-state index < -0.39 is 205 Å². The topological polar surface area (TPSA) is 447 Å². The highest BCUT2D eigenvalue weighted by Crippen LogP contribution is 2.61. The first-order valence-electron chi connectivity index (χ1n) is 20.2. The molecule has 4 aromatic carbocycles. The normalized spacial score (nSPS) is 25.2. The van der Waals surface area contributed by atoms with Crippen molar-refractivity contribution in [2.45, 2.75) is 61.4 Å². The van der Waals surface area contributed by atoms with E-state index in [1.54, 1.807) is 0 Å². The summed E-state index contributed by atoms with van der Waals surface area (Å²) in [5.41, 5.74) is -8.52. The molecule has 372 valence electrons. The Labute approximate surface area is 392 Å². The molecule has 1 fully saturated rings. The molecule has 27 heteroatoms. The van der Waals surface area contributed by atoms with Crippen molar-refractivity contribution in [3.63, 3.8) is 0 Å². The zero-order chi connectivity index (χ0) is 51.9. The van der Waals surface area contributed by atoms with E-state index in [-0.39, 0.29) is 0 Å². The van der Waals surface area contributed by atoms with Gasteiger partial charge in [-0.15, -0.1) is 0 Å². The summed E-state index contributed by atoms with van der Waals surface area (Å²) in [6, 6.07) is 3.92. The summed E-state index contributed by atoms with van der Waals surface area (Å²) in [6.45, 7) is -0.394. The van der Waals surface area contributed by atoms with Crippen LogP contribution in [0, 0.1) is 0 Å². The second-order valence-corrected chi connectivity index (χ2v) is 16.2. The van der Waals surface area contributed by atoms with E-state index in [0.29, 0.717) is 48.5 Å². The average molecular weight is 995 g/mol. The van der Waals surface area contributed by atoms with Gasteiger partial charge < -0.3 is 99.5 Å². The van der Waals surface area contributed by atoms with E-state index in [0.717, 1.165) is 6.92 Å². The fourth-order valence-corrected chi connectivity index (χ4v) is 8.24. The van der Waals surface area contributed by atoms with Gasteiger partial charge in [-0.05, 0) is 55.5 Å². The van der Waals surface area contributed by atoms with Gasteiger partial charge in [0.05, 0.1) is 33.7 Å². The number of carbonyl (C=O) groups is 7. The van der Waals surface area contributed by atoms with Crippen LogP contribution in [-0.4, -0.2) is 156 Å². The van der Waals surface area contributed by atoms with Gasteiger partial charge in [0, 0.05) is 12.0 Å². The molecule has 1 aliphatic carbocycles. The average Bonchev–Trinajstić information content (AvgIpc) is 3.63. The van der Waals surface area contributed by atoms with E-state index in [1.807, 2.05) is 0 Å². The molecule has 27 nitrogen and oxygen atoms in total. The first-order chi connectivity index (χ1) is 33.3. The van der Waals surface area contributed by atoms with Gasteiger partial charge in [-0.3, -0.25) is 9.59 Å². The van der Waals surface area contributed by atoms with Crippen molar-refractivity contribution in [1.82, 2.24) is 0 Å². The molecular formula is C44H34O27. The van der Waals surface area contributed by atoms with E-state index >= 15 is 0 Å². The molecule has 13 N–H and O–H groups in total. The second-order valence-electron chi connectivity index (χ2n) is 16.2. The zero-order valence-corrected chi connectivity index (χ0v) is 35.5. The summed E-state index contributed by atoms with van der Waals surface area (Å²) < 4.78 is 39.4. The molecule has 2 bridgehead atoms. The number of phenolic OH excluding ortho intramolecular Hbond substituents is 11. The van der Waals surface area contributed by atoms with Gasteiger partial charge in [-0.25, -0.2) is 24.0 Å². The van der Waals surface area contributed by atoms with E-state index in [2.05, 4.69) is 0 Å². The number of Topliss-reactive ketones (excluding diaryl/α,β-unsaturated/α-hetero) is 1. The third kappa shape index (κ3) is 7.93. The molecule has 1 saturated heterocycles. The number of rotatable bonds is 9. The van der Waals surface area contributed by atoms with Gasteiger partial charge in [0.1, 0.15) is 18.5 Å². The minimum atomic E-state index is -3.55. The van der Waals surface area contributed by atoms with Gasteiger partial charge in [-0.2, -0.15) is 0 Å². The van der Waals surface area contributed by atoms with Gasteiger partial charge in [0.2, 0.25) is 18.1 Å². The Hall–Kier alpha value is -9.21. The summed E-state index contributed by atoms with van der Waals surface area (Å²) in [4.78, 5) is 97.0. The van der Waals surface area contributed by atoms with Crippen LogP contribution in [0.5, 0.6) is 69.0 Å². The smallest absolute Gasteiger partial charge is 0.340 e. The maximum atomic E-state index is 14.8. The van der Waals surface area contributed by atoms with Crippen molar-refractivity contribution in [2.24, 2.45) is 0 Å². The van der Waals surface area contributed by atoms with Crippen LogP contribution in [0.3, 0.4) is 0 Å². The van der Waals surface area contributed by atoms with Crippen LogP contribution in [0.15, 0.2) is 54.1 Å². The molecule has 4 aromatic rings. The van der Waals surface area contributed by atoms with Crippen molar-refractivity contribution in [3.05, 3.63) is 81.9 Å². The van der Waals surface area contributed by atoms with Crippen LogP contribution in [0.25, 0.3) is 0 Å². The van der Waals surface area contributed by atoms with E-state index in [1.165, 1.54) is 0 Å². The highest BCUT2D eigenvalue weighted by molar-refractivity contribution is 6.10. The van der Waals surface area contributed by atoms with Crippen LogP contribution >= 0.6 is 0 Å². The maximum absolute atomic E-state index is 14.8. The van der Waals surface area contributed by atoms with Crippen LogP contribution in [0.1, 0.15) is 66.3 Å². The summed E-state index contributed by atoms with van der Waals surface area (Å²) in [5.74, 6) is -30.2. The number of fused-ring (bicyclic) bond motifs is 2. The minimum absolute atomic E-state index is 0.357. The van der Waals surface area contributed by atoms with E-state index in [4.69, 9.17) is 33.2 Å². The molecule has 4 aliphatic rings. The number of ether oxygens (including phenoxy) is 7. The highest BCUT2D eigenvalue weighted by atomic mass is 16.7. The second kappa shape index (κ2) is 17.1. The summed E-state index contributed by atoms with van der Waals surface area (Å²) in [6.07, 6.45) is -13.2. The summed E-state index contributed by atoms with van der Waals surface area (Å²) in [5, 5.41) is 137. The molecule has 0 spiro atoms. The Balaban J connectivity index is 1.33. The lowest BCUT2D eigenvalue weighted by Crippen LogP contribution is -2.67. The highest BCUT2D eigenvalue weighted by Gasteiger charge is 2.70. The fraction of sp³-hybridized carbons (Fsp3) is 0.250. The number of aromatic hydroxyl groups is 11. The maximum Gasteiger partial charge on any atom is 0.340 e. The number of esters is 5. The van der Waals surface area contributed by atoms with Crippen molar-refractivity contribution < 1.29 is 133 Å². The molecule has 0 unspecified atom stereocenters. The lowest BCUT2D eigenvalue weighted by molar-refractivity contribution is -0.286. The molecule has 0 amide bonds. The number of carbonyl (C=O) groups excluding carboxylic acids is 7. The van der Waals surface area contributed by atoms with Gasteiger partial charge in [0.25, 0.3) is 5.79 Å². The van der Waals surface area contributed by atoms with Gasteiger partial charge in [-0.1, -0.05) is 0 Å². The van der Waals surface area contributed by atoms with E-state index in [9.17, 15) is 99.9 Å². The van der Waals surface area contributed by atoms with Crippen molar-refractivity contribution in [2.75, 3.05) is 6.61 Å². The molecule has 8 rings (SSSR count). The third-order valence-corrected chi connectivity index (χ3v) is 11.6. The van der Waals surface area contributed by atoms with Crippen LogP contribution in [-0.2, 0) is 42.8 Å². The fourth-order valence-electron chi connectivity index (χ4n) is 8.24.